The van der Waals surface area contributed by atoms with Gasteiger partial charge in [-0.1, -0.05) is 0 Å². The van der Waals surface area contributed by atoms with Crippen molar-refractivity contribution in [3.8, 4) is 0 Å². The summed E-state index contributed by atoms with van der Waals surface area (Å²) in [5, 5.41) is 0. The summed E-state index contributed by atoms with van der Waals surface area (Å²) in [7, 11) is 0. The first kappa shape index (κ1) is 62.9. The van der Waals surface area contributed by atoms with Gasteiger partial charge in [-0.05, 0) is 11.0 Å². The zero-order valence-corrected chi connectivity index (χ0v) is 7.87. The van der Waals surface area contributed by atoms with Crippen LogP contribution in [0.1, 0.15) is 0 Å². The number of hydrogen-bond donors (Lipinski definition) is 1. The predicted molar refractivity (Wildman–Crippen MR) is 26.3 cm³/mol. The fourth-order valence-electron chi connectivity index (χ4n) is 0. The van der Waals surface area contributed by atoms with Gasteiger partial charge in [0.2, 0.25) is 0 Å². The Morgan fingerprint density at radius 1 is 1.00 bits per heavy atom. The van der Waals surface area contributed by atoms with Gasteiger partial charge in [0.05, 0.1) is 0 Å². The summed E-state index contributed by atoms with van der Waals surface area (Å²) in [6, 6.07) is 0. The Morgan fingerprint density at radius 2 is 1.00 bits per heavy atom. The second-order valence-corrected chi connectivity index (χ2v) is 0. The van der Waals surface area contributed by atoms with Gasteiger partial charge in [0.25, 0.3) is 0 Å². The van der Waals surface area contributed by atoms with Crippen molar-refractivity contribution in [1.82, 2.24) is 6.15 Å². The minimum absolute atomic E-state index is 0. The van der Waals surface area contributed by atoms with Crippen LogP contribution in [0.5, 0.6) is 0 Å². The van der Waals surface area contributed by atoms with Crippen LogP contribution < -0.4 is 6.15 Å². The molecular formula is H10AlCrNSiTiY. The van der Waals surface area contributed by atoms with E-state index < -0.39 is 0 Å². The monoisotopic (exact) mass is 268 g/mol. The smallest absolute Gasteiger partial charge is 0.187 e. The van der Waals surface area contributed by atoms with Gasteiger partial charge < -0.3 is 6.15 Å². The Labute approximate surface area is 104 Å². The van der Waals surface area contributed by atoms with Gasteiger partial charge in [0.1, 0.15) is 0 Å². The molecule has 0 saturated heterocycles. The molecule has 1 nitrogen and oxygen atoms in total. The number of hydrogen-bond acceptors (Lipinski definition) is 1. The molecule has 0 aliphatic carbocycles. The van der Waals surface area contributed by atoms with Crippen LogP contribution in [0, 0.1) is 0 Å². The zero-order chi connectivity index (χ0) is 0. The standard InChI is InChI=1S/Al.Cr.H3N.H4Si.Ti.Y.3H/h;;1H3;1H4;;;;;. The predicted octanol–water partition coefficient (Wildman–Crippen LogP) is -2.48. The molecule has 1 radical (unpaired) electrons. The van der Waals surface area contributed by atoms with Crippen molar-refractivity contribution in [2.45, 2.75) is 0 Å². The van der Waals surface area contributed by atoms with Crippen LogP contribution in [-0.4, -0.2) is 28.3 Å². The topological polar surface area (TPSA) is 35.0 Å². The average Bonchev–Trinajstić information content (AvgIpc) is 0. The molecule has 0 unspecified atom stereocenters. The molecule has 0 fully saturated rings. The van der Waals surface area contributed by atoms with Gasteiger partial charge in [-0.3, -0.25) is 0 Å². The van der Waals surface area contributed by atoms with Gasteiger partial charge >= 0.3 is 0 Å². The fourth-order valence-corrected chi connectivity index (χ4v) is 0. The molecule has 3 N–H and O–H groups in total. The zero-order valence-electron chi connectivity index (χ0n) is 2.19. The molecule has 0 bridgehead atoms. The van der Waals surface area contributed by atoms with E-state index in [2.05, 4.69) is 0 Å². The number of rotatable bonds is 0. The van der Waals surface area contributed by atoms with E-state index in [4.69, 9.17) is 0 Å². The molecule has 6 heavy (non-hydrogen) atoms. The van der Waals surface area contributed by atoms with Crippen LogP contribution in [-0.2, 0) is 71.8 Å². The largest absolute Gasteiger partial charge is 0.344 e. The van der Waals surface area contributed by atoms with Crippen molar-refractivity contribution in [1.29, 1.82) is 0 Å². The molecule has 0 aromatic carbocycles. The van der Waals surface area contributed by atoms with Crippen LogP contribution in [0.25, 0.3) is 0 Å². The van der Waals surface area contributed by atoms with Crippen molar-refractivity contribution < 1.29 is 71.8 Å². The van der Waals surface area contributed by atoms with Crippen LogP contribution in [0.4, 0.5) is 0 Å². The van der Waals surface area contributed by atoms with E-state index in [1.165, 1.54) is 0 Å². The molecule has 0 aromatic heterocycles. The Kier molecular flexibility index (Phi) is 449. The van der Waals surface area contributed by atoms with Crippen molar-refractivity contribution in [3.05, 3.63) is 0 Å². The fraction of sp³-hybridized carbons (Fsp3) is 0. The second kappa shape index (κ2) is 42.9. The van der Waals surface area contributed by atoms with Crippen molar-refractivity contribution in [2.24, 2.45) is 0 Å². The summed E-state index contributed by atoms with van der Waals surface area (Å²) in [5.41, 5.74) is 0. The molecule has 6 heteroatoms. The maximum Gasteiger partial charge on any atom is 0.187 e. The van der Waals surface area contributed by atoms with Gasteiger partial charge in [0, 0.05) is 71.8 Å². The molecule has 0 saturated carbocycles. The van der Waals surface area contributed by atoms with Gasteiger partial charge in [0.15, 0.2) is 17.4 Å². The molecule has 0 aliphatic heterocycles. The summed E-state index contributed by atoms with van der Waals surface area (Å²) < 4.78 is 0. The Bertz CT molecular complexity index is 15.5. The first-order valence-corrected chi connectivity index (χ1v) is 0. The van der Waals surface area contributed by atoms with E-state index in [0.29, 0.717) is 0 Å². The maximum atomic E-state index is 0. The minimum Gasteiger partial charge on any atom is -0.344 e. The average molecular weight is 268 g/mol. The molecule has 35 valence electrons. The van der Waals surface area contributed by atoms with Crippen molar-refractivity contribution in [2.75, 3.05) is 0 Å². The van der Waals surface area contributed by atoms with E-state index in [-0.39, 0.29) is 106 Å². The SMILES string of the molecule is N.[AlH3].[Cr].[SiH4].[Ti].[Y]. The Balaban J connectivity index is 0. The van der Waals surface area contributed by atoms with E-state index in [9.17, 15) is 0 Å². The first-order chi connectivity index (χ1) is 0. The van der Waals surface area contributed by atoms with Crippen LogP contribution in [0.3, 0.4) is 0 Å². The molecule has 0 aliphatic rings. The summed E-state index contributed by atoms with van der Waals surface area (Å²) in [4.78, 5) is 0. The van der Waals surface area contributed by atoms with E-state index in [1.54, 1.807) is 0 Å². The third-order valence-corrected chi connectivity index (χ3v) is 0. The molecule has 0 amide bonds. The first-order valence-electron chi connectivity index (χ1n) is 0. The normalized spacial score (nSPS) is 0. The Morgan fingerprint density at radius 3 is 1.00 bits per heavy atom. The van der Waals surface area contributed by atoms with Gasteiger partial charge in [-0.25, -0.2) is 0 Å². The molecule has 0 atom stereocenters. The van der Waals surface area contributed by atoms with Crippen molar-refractivity contribution >= 4 is 28.3 Å². The van der Waals surface area contributed by atoms with Crippen LogP contribution in [0.15, 0.2) is 0 Å². The second-order valence-electron chi connectivity index (χ2n) is 0. The maximum absolute atomic E-state index is 0. The minimum atomic E-state index is 0. The summed E-state index contributed by atoms with van der Waals surface area (Å²) in [5.74, 6) is 0. The molecule has 0 rings (SSSR count). The quantitative estimate of drug-likeness (QED) is 0.485. The Hall–Kier alpha value is 3.06. The van der Waals surface area contributed by atoms with Crippen LogP contribution >= 0.6 is 0 Å². The van der Waals surface area contributed by atoms with E-state index in [0.717, 1.165) is 0 Å². The molecule has 0 spiro atoms. The summed E-state index contributed by atoms with van der Waals surface area (Å²) in [6.07, 6.45) is 0. The third-order valence-electron chi connectivity index (χ3n) is 0. The van der Waals surface area contributed by atoms with E-state index >= 15 is 0 Å². The summed E-state index contributed by atoms with van der Waals surface area (Å²) in [6.45, 7) is 0. The van der Waals surface area contributed by atoms with Crippen LogP contribution in [0.2, 0.25) is 0 Å². The third kappa shape index (κ3) is 27.7. The van der Waals surface area contributed by atoms with Crippen molar-refractivity contribution in [3.63, 3.8) is 0 Å². The van der Waals surface area contributed by atoms with Gasteiger partial charge in [-0.2, -0.15) is 0 Å². The van der Waals surface area contributed by atoms with Gasteiger partial charge in [-0.15, -0.1) is 0 Å². The molecule has 0 heterocycles. The molecular weight excluding hydrogens is 258 g/mol. The van der Waals surface area contributed by atoms with E-state index in [1.807, 2.05) is 0 Å². The molecule has 0 aromatic rings. The summed E-state index contributed by atoms with van der Waals surface area (Å²) >= 11 is 0.